The van der Waals surface area contributed by atoms with Crippen LogP contribution in [0.15, 0.2) is 24.3 Å². The van der Waals surface area contributed by atoms with Crippen molar-refractivity contribution in [2.75, 3.05) is 24.7 Å². The lowest BCUT2D eigenvalue weighted by molar-refractivity contribution is -0.00570. The van der Waals surface area contributed by atoms with E-state index in [9.17, 15) is 5.11 Å². The maximum absolute atomic E-state index is 10.1. The van der Waals surface area contributed by atoms with Gasteiger partial charge in [0.25, 0.3) is 0 Å². The highest BCUT2D eigenvalue weighted by Gasteiger charge is 2.29. The van der Waals surface area contributed by atoms with Crippen LogP contribution < -0.4 is 4.90 Å². The number of likely N-dealkylation sites (N-methyl/N-ethyl adjacent to an activating group) is 1. The molecule has 3 heteroatoms. The molecule has 2 unspecified atom stereocenters. The topological polar surface area (TPSA) is 32.7 Å². The van der Waals surface area contributed by atoms with Gasteiger partial charge in [0, 0.05) is 18.8 Å². The molecule has 1 aliphatic heterocycles. The summed E-state index contributed by atoms with van der Waals surface area (Å²) in [4.78, 5) is 2.25. The number of benzene rings is 1. The SMILES string of the molecule is CCN(c1ccccc1C)C1COCCC1O. The van der Waals surface area contributed by atoms with Gasteiger partial charge in [-0.25, -0.2) is 0 Å². The normalized spacial score (nSPS) is 24.6. The van der Waals surface area contributed by atoms with Gasteiger partial charge in [-0.05, 0) is 31.9 Å². The van der Waals surface area contributed by atoms with E-state index in [-0.39, 0.29) is 12.1 Å². The third-order valence-electron chi connectivity index (χ3n) is 3.46. The van der Waals surface area contributed by atoms with Crippen LogP contribution in [-0.2, 0) is 4.74 Å². The van der Waals surface area contributed by atoms with E-state index in [1.807, 2.05) is 12.1 Å². The number of hydrogen-bond donors (Lipinski definition) is 1. The summed E-state index contributed by atoms with van der Waals surface area (Å²) in [6.45, 7) is 6.39. The van der Waals surface area contributed by atoms with E-state index in [0.717, 1.165) is 13.0 Å². The Bertz CT molecular complexity index is 367. The second-order valence-corrected chi connectivity index (χ2v) is 4.57. The van der Waals surface area contributed by atoms with Gasteiger partial charge in [0.15, 0.2) is 0 Å². The zero-order chi connectivity index (χ0) is 12.3. The van der Waals surface area contributed by atoms with Crippen LogP contribution in [0.25, 0.3) is 0 Å². The minimum Gasteiger partial charge on any atom is -0.391 e. The summed E-state index contributed by atoms with van der Waals surface area (Å²) in [5.74, 6) is 0. The Morgan fingerprint density at radius 2 is 2.18 bits per heavy atom. The molecular weight excluding hydrogens is 214 g/mol. The predicted molar refractivity (Wildman–Crippen MR) is 69.4 cm³/mol. The van der Waals surface area contributed by atoms with Gasteiger partial charge in [0.1, 0.15) is 0 Å². The Balaban J connectivity index is 2.23. The van der Waals surface area contributed by atoms with E-state index in [1.165, 1.54) is 11.3 Å². The maximum atomic E-state index is 10.1. The number of anilines is 1. The number of hydrogen-bond acceptors (Lipinski definition) is 3. The number of ether oxygens (including phenoxy) is 1. The molecule has 1 aromatic carbocycles. The second kappa shape index (κ2) is 5.52. The lowest BCUT2D eigenvalue weighted by Gasteiger charge is -2.39. The second-order valence-electron chi connectivity index (χ2n) is 4.57. The summed E-state index contributed by atoms with van der Waals surface area (Å²) in [6.07, 6.45) is 0.441. The van der Waals surface area contributed by atoms with Crippen LogP contribution in [0, 0.1) is 6.92 Å². The summed E-state index contributed by atoms with van der Waals surface area (Å²) in [5, 5.41) is 10.1. The summed E-state index contributed by atoms with van der Waals surface area (Å²) in [6, 6.07) is 8.38. The fraction of sp³-hybridized carbons (Fsp3) is 0.571. The summed E-state index contributed by atoms with van der Waals surface area (Å²) in [5.41, 5.74) is 2.44. The monoisotopic (exact) mass is 235 g/mol. The highest BCUT2D eigenvalue weighted by molar-refractivity contribution is 5.54. The van der Waals surface area contributed by atoms with Gasteiger partial charge < -0.3 is 14.7 Å². The van der Waals surface area contributed by atoms with E-state index < -0.39 is 0 Å². The Labute approximate surface area is 103 Å². The highest BCUT2D eigenvalue weighted by Crippen LogP contribution is 2.25. The number of rotatable bonds is 3. The first-order valence-corrected chi connectivity index (χ1v) is 6.32. The van der Waals surface area contributed by atoms with Crippen LogP contribution in [0.1, 0.15) is 18.9 Å². The summed E-state index contributed by atoms with van der Waals surface area (Å²) >= 11 is 0. The number of nitrogens with zero attached hydrogens (tertiary/aromatic N) is 1. The third-order valence-corrected chi connectivity index (χ3v) is 3.46. The molecule has 1 N–H and O–H groups in total. The van der Waals surface area contributed by atoms with Crippen LogP contribution in [-0.4, -0.2) is 37.0 Å². The van der Waals surface area contributed by atoms with Crippen LogP contribution in [0.4, 0.5) is 5.69 Å². The molecular formula is C14H21NO2. The average Bonchev–Trinajstić information content (AvgIpc) is 2.34. The summed E-state index contributed by atoms with van der Waals surface area (Å²) < 4.78 is 5.49. The minimum absolute atomic E-state index is 0.0786. The Morgan fingerprint density at radius 1 is 1.41 bits per heavy atom. The molecule has 1 aromatic rings. The standard InChI is InChI=1S/C14H21NO2/c1-3-15(12-7-5-4-6-11(12)2)13-10-17-9-8-14(13)16/h4-7,13-14,16H,3,8-10H2,1-2H3. The smallest absolute Gasteiger partial charge is 0.0787 e. The Morgan fingerprint density at radius 3 is 2.82 bits per heavy atom. The highest BCUT2D eigenvalue weighted by atomic mass is 16.5. The molecule has 1 saturated heterocycles. The fourth-order valence-electron chi connectivity index (χ4n) is 2.48. The number of aryl methyl sites for hydroxylation is 1. The molecule has 1 heterocycles. The molecule has 17 heavy (non-hydrogen) atoms. The molecule has 94 valence electrons. The average molecular weight is 235 g/mol. The summed E-state index contributed by atoms with van der Waals surface area (Å²) in [7, 11) is 0. The largest absolute Gasteiger partial charge is 0.391 e. The van der Waals surface area contributed by atoms with E-state index >= 15 is 0 Å². The first kappa shape index (κ1) is 12.4. The van der Waals surface area contributed by atoms with Crippen molar-refractivity contribution in [2.24, 2.45) is 0 Å². The number of aliphatic hydroxyl groups is 1. The Hall–Kier alpha value is -1.06. The van der Waals surface area contributed by atoms with Crippen LogP contribution in [0.3, 0.4) is 0 Å². The molecule has 3 nitrogen and oxygen atoms in total. The van der Waals surface area contributed by atoms with Gasteiger partial charge in [0.05, 0.1) is 18.8 Å². The maximum Gasteiger partial charge on any atom is 0.0787 e. The molecule has 0 radical (unpaired) electrons. The van der Waals surface area contributed by atoms with E-state index in [4.69, 9.17) is 4.74 Å². The van der Waals surface area contributed by atoms with Gasteiger partial charge in [-0.1, -0.05) is 18.2 Å². The van der Waals surface area contributed by atoms with Gasteiger partial charge >= 0.3 is 0 Å². The number of para-hydroxylation sites is 1. The molecule has 0 aliphatic carbocycles. The van der Waals surface area contributed by atoms with Crippen LogP contribution in [0.2, 0.25) is 0 Å². The molecule has 0 bridgehead atoms. The third kappa shape index (κ3) is 2.61. The molecule has 2 atom stereocenters. The number of aliphatic hydroxyl groups excluding tert-OH is 1. The minimum atomic E-state index is -0.289. The van der Waals surface area contributed by atoms with Gasteiger partial charge in [-0.2, -0.15) is 0 Å². The van der Waals surface area contributed by atoms with Crippen molar-refractivity contribution in [2.45, 2.75) is 32.4 Å². The van der Waals surface area contributed by atoms with Crippen LogP contribution in [0.5, 0.6) is 0 Å². The van der Waals surface area contributed by atoms with Crippen molar-refractivity contribution in [3.05, 3.63) is 29.8 Å². The van der Waals surface area contributed by atoms with Gasteiger partial charge in [0.2, 0.25) is 0 Å². The zero-order valence-corrected chi connectivity index (χ0v) is 10.6. The van der Waals surface area contributed by atoms with Crippen molar-refractivity contribution in [3.63, 3.8) is 0 Å². The Kier molecular flexibility index (Phi) is 4.02. The van der Waals surface area contributed by atoms with E-state index in [2.05, 4.69) is 30.9 Å². The first-order valence-electron chi connectivity index (χ1n) is 6.32. The van der Waals surface area contributed by atoms with E-state index in [0.29, 0.717) is 13.2 Å². The van der Waals surface area contributed by atoms with Gasteiger partial charge in [-0.3, -0.25) is 0 Å². The molecule has 2 rings (SSSR count). The van der Waals surface area contributed by atoms with Crippen LogP contribution >= 0.6 is 0 Å². The van der Waals surface area contributed by atoms with Gasteiger partial charge in [-0.15, -0.1) is 0 Å². The van der Waals surface area contributed by atoms with Crippen molar-refractivity contribution in [3.8, 4) is 0 Å². The van der Waals surface area contributed by atoms with Crippen molar-refractivity contribution in [1.82, 2.24) is 0 Å². The molecule has 1 aliphatic rings. The fourth-order valence-corrected chi connectivity index (χ4v) is 2.48. The quantitative estimate of drug-likeness (QED) is 0.869. The molecule has 0 spiro atoms. The lowest BCUT2D eigenvalue weighted by atomic mass is 10.0. The van der Waals surface area contributed by atoms with E-state index in [1.54, 1.807) is 0 Å². The molecule has 0 saturated carbocycles. The molecule has 1 fully saturated rings. The first-order chi connectivity index (χ1) is 8.24. The molecule has 0 aromatic heterocycles. The molecule has 0 amide bonds. The predicted octanol–water partition coefficient (Wildman–Crippen LogP) is 1.97. The van der Waals surface area contributed by atoms with Crippen molar-refractivity contribution >= 4 is 5.69 Å². The van der Waals surface area contributed by atoms with Crippen molar-refractivity contribution in [1.29, 1.82) is 0 Å². The zero-order valence-electron chi connectivity index (χ0n) is 10.6. The lowest BCUT2D eigenvalue weighted by Crippen LogP contribution is -2.50. The van der Waals surface area contributed by atoms with Crippen molar-refractivity contribution < 1.29 is 9.84 Å².